The molecule has 0 radical (unpaired) electrons. The summed E-state index contributed by atoms with van der Waals surface area (Å²) in [5, 5.41) is 6.30. The number of fused-ring (bicyclic) bond motifs is 1. The quantitative estimate of drug-likeness (QED) is 0.255. The molecule has 1 saturated carbocycles. The van der Waals surface area contributed by atoms with Crippen LogP contribution in [-0.4, -0.2) is 4.98 Å². The van der Waals surface area contributed by atoms with E-state index in [9.17, 15) is 4.39 Å². The van der Waals surface area contributed by atoms with Gasteiger partial charge in [0.05, 0.1) is 11.2 Å². The highest BCUT2D eigenvalue weighted by molar-refractivity contribution is 8.01. The maximum atomic E-state index is 14.3. The van der Waals surface area contributed by atoms with Crippen LogP contribution >= 0.6 is 7.26 Å². The fourth-order valence-electron chi connectivity index (χ4n) is 5.90. The number of para-hydroxylation sites is 1. The van der Waals surface area contributed by atoms with Gasteiger partial charge in [0.15, 0.2) is 0 Å². The molecule has 7 rings (SSSR count). The van der Waals surface area contributed by atoms with Gasteiger partial charge in [-0.2, -0.15) is 0 Å². The molecule has 1 aromatic heterocycles. The average molecular weight is 605 g/mol. The van der Waals surface area contributed by atoms with Crippen LogP contribution in [0.3, 0.4) is 0 Å². The first-order chi connectivity index (χ1) is 19.3. The van der Waals surface area contributed by atoms with Crippen molar-refractivity contribution in [2.75, 3.05) is 0 Å². The first-order valence-electron chi connectivity index (χ1n) is 13.5. The predicted molar refractivity (Wildman–Crippen MR) is 164 cm³/mol. The molecule has 0 unspecified atom stereocenters. The van der Waals surface area contributed by atoms with Crippen molar-refractivity contribution in [3.63, 3.8) is 0 Å². The Kier molecular flexibility index (Phi) is 7.36. The van der Waals surface area contributed by atoms with Crippen LogP contribution in [0.25, 0.3) is 22.0 Å². The standard InChI is InChI=1S/C36H28FNP.BrH/c37-28-24-22-26(23-25-28)34-32-18-10-11-19-33(32)38-35(27-20-21-27)36(34)39(29-12-4-1-5-13-29,30-14-6-2-7-15-30)31-16-8-3-9-17-31;/h1-19,22-25,27H,20-21H2;1H/q+1;/p-1. The van der Waals surface area contributed by atoms with E-state index in [4.69, 9.17) is 4.98 Å². The molecule has 1 aliphatic carbocycles. The minimum atomic E-state index is -2.43. The third kappa shape index (κ3) is 4.48. The summed E-state index contributed by atoms with van der Waals surface area (Å²) < 4.78 is 14.3. The average Bonchev–Trinajstić information content (AvgIpc) is 3.85. The summed E-state index contributed by atoms with van der Waals surface area (Å²) in [6, 6.07) is 48.4. The van der Waals surface area contributed by atoms with Crippen LogP contribution in [0.4, 0.5) is 4.39 Å². The van der Waals surface area contributed by atoms with Gasteiger partial charge >= 0.3 is 0 Å². The third-order valence-corrected chi connectivity index (χ3v) is 12.1. The van der Waals surface area contributed by atoms with E-state index in [-0.39, 0.29) is 22.8 Å². The fraction of sp³-hybridized carbons (Fsp3) is 0.0833. The van der Waals surface area contributed by atoms with E-state index in [1.165, 1.54) is 32.5 Å². The highest BCUT2D eigenvalue weighted by Gasteiger charge is 2.53. The first-order valence-corrected chi connectivity index (χ1v) is 15.3. The first kappa shape index (κ1) is 26.6. The Labute approximate surface area is 245 Å². The number of halogens is 2. The molecule has 0 atom stereocenters. The lowest BCUT2D eigenvalue weighted by Crippen LogP contribution is -3.00. The topological polar surface area (TPSA) is 12.9 Å². The number of pyridine rings is 1. The summed E-state index contributed by atoms with van der Waals surface area (Å²) in [5.41, 5.74) is 4.39. The molecule has 5 aromatic carbocycles. The molecule has 4 heteroatoms. The molecule has 0 amide bonds. The highest BCUT2D eigenvalue weighted by Crippen LogP contribution is 2.59. The number of rotatable bonds is 6. The monoisotopic (exact) mass is 603 g/mol. The van der Waals surface area contributed by atoms with Crippen LogP contribution in [-0.2, 0) is 0 Å². The summed E-state index contributed by atoms with van der Waals surface area (Å²) in [5.74, 6) is 0.190. The Morgan fingerprint density at radius 2 is 1.05 bits per heavy atom. The second-order valence-corrected chi connectivity index (χ2v) is 13.5. The van der Waals surface area contributed by atoms with E-state index in [1.807, 2.05) is 12.1 Å². The van der Waals surface area contributed by atoms with Gasteiger partial charge in [-0.3, -0.25) is 0 Å². The van der Waals surface area contributed by atoms with Gasteiger partial charge in [-0.05, 0) is 73.0 Å². The second kappa shape index (κ2) is 11.1. The van der Waals surface area contributed by atoms with Gasteiger partial charge < -0.3 is 17.0 Å². The van der Waals surface area contributed by atoms with E-state index >= 15 is 0 Å². The molecule has 0 bridgehead atoms. The lowest BCUT2D eigenvalue weighted by Gasteiger charge is -2.31. The van der Waals surface area contributed by atoms with Crippen molar-refractivity contribution in [3.05, 3.63) is 151 Å². The second-order valence-electron chi connectivity index (χ2n) is 10.2. The maximum absolute atomic E-state index is 14.3. The van der Waals surface area contributed by atoms with E-state index in [1.54, 1.807) is 12.1 Å². The number of nitrogens with zero attached hydrogens (tertiary/aromatic N) is 1. The molecule has 0 N–H and O–H groups in total. The van der Waals surface area contributed by atoms with E-state index in [0.717, 1.165) is 29.3 Å². The summed E-state index contributed by atoms with van der Waals surface area (Å²) in [6.45, 7) is 0. The molecular formula is C36H28BrFNP. The van der Waals surface area contributed by atoms with Gasteiger partial charge in [-0.15, -0.1) is 0 Å². The van der Waals surface area contributed by atoms with Crippen LogP contribution in [0.15, 0.2) is 140 Å². The van der Waals surface area contributed by atoms with Gasteiger partial charge in [0, 0.05) is 16.9 Å². The van der Waals surface area contributed by atoms with Crippen LogP contribution < -0.4 is 38.2 Å². The van der Waals surface area contributed by atoms with Crippen molar-refractivity contribution in [1.82, 2.24) is 4.98 Å². The van der Waals surface area contributed by atoms with Crippen molar-refractivity contribution in [2.24, 2.45) is 0 Å². The number of benzene rings is 5. The van der Waals surface area contributed by atoms with Gasteiger partial charge in [-0.1, -0.05) is 84.9 Å². The lowest BCUT2D eigenvalue weighted by molar-refractivity contribution is -0.00000804. The number of hydrogen-bond donors (Lipinski definition) is 0. The molecule has 1 heterocycles. The molecule has 1 aliphatic rings. The SMILES string of the molecule is Fc1ccc(-c2c([P+](c3ccccc3)(c3ccccc3)c3ccccc3)c(C3CC3)nc3ccccc23)cc1.[Br-]. The van der Waals surface area contributed by atoms with Crippen molar-refractivity contribution < 1.29 is 21.4 Å². The zero-order valence-corrected chi connectivity index (χ0v) is 24.4. The molecule has 0 spiro atoms. The fourth-order valence-corrected chi connectivity index (χ4v) is 10.6. The Hall–Kier alpha value is -3.65. The van der Waals surface area contributed by atoms with E-state index in [0.29, 0.717) is 5.92 Å². The minimum Gasteiger partial charge on any atom is -1.00 e. The summed E-state index contributed by atoms with van der Waals surface area (Å²) in [4.78, 5) is 5.44. The molecule has 196 valence electrons. The molecule has 1 nitrogen and oxygen atoms in total. The Morgan fingerprint density at radius 3 is 1.55 bits per heavy atom. The normalized spacial score (nSPS) is 13.1. The number of aromatic nitrogens is 1. The van der Waals surface area contributed by atoms with Crippen LogP contribution in [0.1, 0.15) is 24.5 Å². The molecule has 1 fully saturated rings. The lowest BCUT2D eigenvalue weighted by atomic mass is 9.99. The predicted octanol–water partition coefficient (Wildman–Crippen LogP) is 4.54. The zero-order chi connectivity index (χ0) is 26.2. The molecule has 0 aliphatic heterocycles. The van der Waals surface area contributed by atoms with E-state index < -0.39 is 7.26 Å². The summed E-state index contributed by atoms with van der Waals surface area (Å²) in [6.07, 6.45) is 2.28. The van der Waals surface area contributed by atoms with E-state index in [2.05, 4.69) is 115 Å². The molecule has 6 aromatic rings. The van der Waals surface area contributed by atoms with Gasteiger partial charge in [0.1, 0.15) is 34.3 Å². The van der Waals surface area contributed by atoms with Gasteiger partial charge in [-0.25, -0.2) is 9.37 Å². The Morgan fingerprint density at radius 1 is 0.575 bits per heavy atom. The summed E-state index contributed by atoms with van der Waals surface area (Å²) >= 11 is 0. The van der Waals surface area contributed by atoms with Gasteiger partial charge in [0.25, 0.3) is 0 Å². The van der Waals surface area contributed by atoms with Crippen LogP contribution in [0.2, 0.25) is 0 Å². The largest absolute Gasteiger partial charge is 1.00 e. The van der Waals surface area contributed by atoms with Crippen molar-refractivity contribution in [3.8, 4) is 11.1 Å². The van der Waals surface area contributed by atoms with Crippen LogP contribution in [0, 0.1) is 5.82 Å². The van der Waals surface area contributed by atoms with Crippen molar-refractivity contribution in [2.45, 2.75) is 18.8 Å². The molecule has 40 heavy (non-hydrogen) atoms. The number of hydrogen-bond acceptors (Lipinski definition) is 1. The Bertz CT molecular complexity index is 1660. The van der Waals surface area contributed by atoms with Gasteiger partial charge in [0.2, 0.25) is 0 Å². The molecular weight excluding hydrogens is 576 g/mol. The highest BCUT2D eigenvalue weighted by atomic mass is 79.9. The Balaban J connectivity index is 0.00000289. The smallest absolute Gasteiger partial charge is 0.146 e. The summed E-state index contributed by atoms with van der Waals surface area (Å²) in [7, 11) is -2.43. The molecule has 0 saturated heterocycles. The minimum absolute atomic E-state index is 0. The maximum Gasteiger partial charge on any atom is 0.146 e. The van der Waals surface area contributed by atoms with Crippen molar-refractivity contribution in [1.29, 1.82) is 0 Å². The van der Waals surface area contributed by atoms with Crippen molar-refractivity contribution >= 4 is 39.4 Å². The third-order valence-electron chi connectivity index (χ3n) is 7.76. The van der Waals surface area contributed by atoms with Crippen LogP contribution in [0.5, 0.6) is 0 Å². The zero-order valence-electron chi connectivity index (χ0n) is 21.9.